The molecule has 0 bridgehead atoms. The Hall–Kier alpha value is -2.47. The van der Waals surface area contributed by atoms with E-state index >= 15 is 0 Å². The van der Waals surface area contributed by atoms with E-state index in [1.165, 1.54) is 0 Å². The zero-order valence-electron chi connectivity index (χ0n) is 12.7. The summed E-state index contributed by atoms with van der Waals surface area (Å²) in [6, 6.07) is 12.2. The molecule has 3 aromatic rings. The molecule has 0 radical (unpaired) electrons. The van der Waals surface area contributed by atoms with Crippen LogP contribution in [0.3, 0.4) is 0 Å². The molecule has 0 aliphatic rings. The van der Waals surface area contributed by atoms with Crippen LogP contribution in [0.2, 0.25) is 0 Å². The van der Waals surface area contributed by atoms with Crippen molar-refractivity contribution in [2.75, 3.05) is 0 Å². The highest BCUT2D eigenvalue weighted by Gasteiger charge is 2.15. The van der Waals surface area contributed by atoms with Gasteiger partial charge in [-0.05, 0) is 32.0 Å². The molecule has 2 aromatic heterocycles. The van der Waals surface area contributed by atoms with Crippen molar-refractivity contribution in [1.29, 1.82) is 0 Å². The third kappa shape index (κ3) is 3.23. The zero-order valence-corrected chi connectivity index (χ0v) is 12.7. The molecule has 0 fully saturated rings. The third-order valence-corrected chi connectivity index (χ3v) is 3.73. The van der Waals surface area contributed by atoms with E-state index in [1.807, 2.05) is 47.3 Å². The first-order valence-electron chi connectivity index (χ1n) is 7.34. The Labute approximate surface area is 129 Å². The first-order valence-corrected chi connectivity index (χ1v) is 7.34. The van der Waals surface area contributed by atoms with E-state index in [4.69, 9.17) is 4.42 Å². The van der Waals surface area contributed by atoms with Crippen LogP contribution in [0.5, 0.6) is 0 Å². The number of nitrogens with zero attached hydrogens (tertiary/aromatic N) is 4. The molecule has 3 rings (SSSR count). The van der Waals surface area contributed by atoms with Gasteiger partial charge < -0.3 is 9.73 Å². The van der Waals surface area contributed by atoms with Gasteiger partial charge in [-0.15, -0.1) is 10.2 Å². The number of rotatable bonds is 6. The number of hydrogen-bond acceptors (Lipinski definition) is 5. The summed E-state index contributed by atoms with van der Waals surface area (Å²) in [6.07, 6.45) is 3.75. The standard InChI is InChI=1S/C16H19N5O/c1-12(13(2)21-10-6-9-18-21)17-11-15-19-20-16(22-15)14-7-4-3-5-8-14/h3-10,12-13,17H,11H2,1-2H3/t12-,13+/m0/s1. The number of hydrogen-bond donors (Lipinski definition) is 1. The minimum atomic E-state index is 0.229. The highest BCUT2D eigenvalue weighted by atomic mass is 16.4. The average Bonchev–Trinajstić information content (AvgIpc) is 3.24. The minimum Gasteiger partial charge on any atom is -0.419 e. The topological polar surface area (TPSA) is 68.8 Å². The maximum absolute atomic E-state index is 5.68. The van der Waals surface area contributed by atoms with Gasteiger partial charge in [0.15, 0.2) is 0 Å². The fraction of sp³-hybridized carbons (Fsp3) is 0.312. The molecule has 1 aromatic carbocycles. The highest BCUT2D eigenvalue weighted by molar-refractivity contribution is 5.51. The molecule has 114 valence electrons. The maximum atomic E-state index is 5.68. The minimum absolute atomic E-state index is 0.229. The first-order chi connectivity index (χ1) is 10.7. The molecule has 6 heteroatoms. The lowest BCUT2D eigenvalue weighted by Gasteiger charge is -2.20. The molecule has 0 aliphatic heterocycles. The van der Waals surface area contributed by atoms with Crippen LogP contribution in [0.4, 0.5) is 0 Å². The summed E-state index contributed by atoms with van der Waals surface area (Å²) in [6.45, 7) is 4.77. The van der Waals surface area contributed by atoms with Crippen LogP contribution in [0, 0.1) is 0 Å². The summed E-state index contributed by atoms with van der Waals surface area (Å²) in [4.78, 5) is 0. The lowest BCUT2D eigenvalue weighted by Crippen LogP contribution is -2.33. The quantitative estimate of drug-likeness (QED) is 0.757. The second-order valence-electron chi connectivity index (χ2n) is 5.26. The van der Waals surface area contributed by atoms with Crippen LogP contribution < -0.4 is 5.32 Å². The Kier molecular flexibility index (Phi) is 4.29. The zero-order chi connectivity index (χ0) is 15.4. The fourth-order valence-corrected chi connectivity index (χ4v) is 2.19. The molecule has 2 heterocycles. The van der Waals surface area contributed by atoms with Crippen LogP contribution in [0.1, 0.15) is 25.8 Å². The van der Waals surface area contributed by atoms with Gasteiger partial charge in [-0.2, -0.15) is 5.10 Å². The van der Waals surface area contributed by atoms with E-state index in [9.17, 15) is 0 Å². The van der Waals surface area contributed by atoms with E-state index in [2.05, 4.69) is 34.5 Å². The average molecular weight is 297 g/mol. The summed E-state index contributed by atoms with van der Waals surface area (Å²) in [5.41, 5.74) is 0.930. The summed E-state index contributed by atoms with van der Waals surface area (Å²) in [5, 5.41) is 15.8. The van der Waals surface area contributed by atoms with Crippen LogP contribution in [0.15, 0.2) is 53.2 Å². The van der Waals surface area contributed by atoms with Gasteiger partial charge in [0, 0.05) is 24.0 Å². The molecule has 0 amide bonds. The van der Waals surface area contributed by atoms with Crippen molar-refractivity contribution in [2.45, 2.75) is 32.5 Å². The summed E-state index contributed by atoms with van der Waals surface area (Å²) >= 11 is 0. The molecular formula is C16H19N5O. The Morgan fingerprint density at radius 2 is 1.95 bits per heavy atom. The van der Waals surface area contributed by atoms with Gasteiger partial charge in [0.1, 0.15) is 0 Å². The second-order valence-corrected chi connectivity index (χ2v) is 5.26. The maximum Gasteiger partial charge on any atom is 0.247 e. The van der Waals surface area contributed by atoms with Crippen molar-refractivity contribution < 1.29 is 4.42 Å². The number of aromatic nitrogens is 4. The van der Waals surface area contributed by atoms with E-state index in [0.29, 0.717) is 18.3 Å². The molecule has 6 nitrogen and oxygen atoms in total. The summed E-state index contributed by atoms with van der Waals surface area (Å²) in [7, 11) is 0. The molecule has 22 heavy (non-hydrogen) atoms. The van der Waals surface area contributed by atoms with Crippen LogP contribution >= 0.6 is 0 Å². The first kappa shape index (κ1) is 14.5. The van der Waals surface area contributed by atoms with E-state index in [-0.39, 0.29) is 12.1 Å². The molecular weight excluding hydrogens is 278 g/mol. The van der Waals surface area contributed by atoms with Crippen molar-refractivity contribution in [3.63, 3.8) is 0 Å². The smallest absolute Gasteiger partial charge is 0.247 e. The molecule has 0 unspecified atom stereocenters. The highest BCUT2D eigenvalue weighted by Crippen LogP contribution is 2.17. The predicted octanol–water partition coefficient (Wildman–Crippen LogP) is 2.67. The van der Waals surface area contributed by atoms with Crippen LogP contribution in [-0.2, 0) is 6.54 Å². The molecule has 0 spiro atoms. The van der Waals surface area contributed by atoms with Crippen molar-refractivity contribution in [1.82, 2.24) is 25.3 Å². The molecule has 0 aliphatic carbocycles. The monoisotopic (exact) mass is 297 g/mol. The Morgan fingerprint density at radius 3 is 2.68 bits per heavy atom. The lowest BCUT2D eigenvalue weighted by molar-refractivity contribution is 0.349. The van der Waals surface area contributed by atoms with E-state index < -0.39 is 0 Å². The van der Waals surface area contributed by atoms with Gasteiger partial charge in [0.25, 0.3) is 0 Å². The number of nitrogens with one attached hydrogen (secondary N) is 1. The van der Waals surface area contributed by atoms with Gasteiger partial charge in [0.2, 0.25) is 11.8 Å². The van der Waals surface area contributed by atoms with Crippen LogP contribution in [-0.4, -0.2) is 26.0 Å². The second kappa shape index (κ2) is 6.53. The van der Waals surface area contributed by atoms with Crippen molar-refractivity contribution in [3.8, 4) is 11.5 Å². The fourth-order valence-electron chi connectivity index (χ4n) is 2.19. The Balaban J connectivity index is 1.59. The SMILES string of the molecule is C[C@H](NCc1nnc(-c2ccccc2)o1)[C@@H](C)n1cccn1. The van der Waals surface area contributed by atoms with Gasteiger partial charge in [-0.1, -0.05) is 18.2 Å². The van der Waals surface area contributed by atoms with Crippen LogP contribution in [0.25, 0.3) is 11.5 Å². The van der Waals surface area contributed by atoms with Crippen molar-refractivity contribution in [2.24, 2.45) is 0 Å². The normalized spacial score (nSPS) is 13.9. The Bertz CT molecular complexity index is 692. The van der Waals surface area contributed by atoms with Crippen molar-refractivity contribution >= 4 is 0 Å². The molecule has 1 N–H and O–H groups in total. The summed E-state index contributed by atoms with van der Waals surface area (Å²) in [5.74, 6) is 1.13. The largest absolute Gasteiger partial charge is 0.419 e. The van der Waals surface area contributed by atoms with Gasteiger partial charge >= 0.3 is 0 Å². The number of benzene rings is 1. The Morgan fingerprint density at radius 1 is 1.14 bits per heavy atom. The van der Waals surface area contributed by atoms with Crippen molar-refractivity contribution in [3.05, 3.63) is 54.7 Å². The van der Waals surface area contributed by atoms with E-state index in [0.717, 1.165) is 5.56 Å². The third-order valence-electron chi connectivity index (χ3n) is 3.73. The molecule has 0 saturated carbocycles. The predicted molar refractivity (Wildman–Crippen MR) is 83.0 cm³/mol. The molecule has 2 atom stereocenters. The van der Waals surface area contributed by atoms with E-state index in [1.54, 1.807) is 6.20 Å². The van der Waals surface area contributed by atoms with Gasteiger partial charge in [0.05, 0.1) is 12.6 Å². The van der Waals surface area contributed by atoms with Gasteiger partial charge in [-0.25, -0.2) is 0 Å². The summed E-state index contributed by atoms with van der Waals surface area (Å²) < 4.78 is 7.61. The molecule has 0 saturated heterocycles. The van der Waals surface area contributed by atoms with Gasteiger partial charge in [-0.3, -0.25) is 4.68 Å². The lowest BCUT2D eigenvalue weighted by atomic mass is 10.2.